The molecule has 17 heavy (non-hydrogen) atoms. The molecule has 1 unspecified atom stereocenters. The molecule has 0 fully saturated rings. The second-order valence-corrected chi connectivity index (χ2v) is 4.45. The number of halogens is 1. The van der Waals surface area contributed by atoms with E-state index in [9.17, 15) is 4.39 Å². The summed E-state index contributed by atoms with van der Waals surface area (Å²) in [6.07, 6.45) is 4.93. The highest BCUT2D eigenvalue weighted by Gasteiger charge is 2.22. The lowest BCUT2D eigenvalue weighted by molar-refractivity contribution is 0.541. The molecular weight excluding hydrogens is 217 g/mol. The number of aromatic nitrogens is 2. The van der Waals surface area contributed by atoms with Crippen LogP contribution in [0.15, 0.2) is 30.5 Å². The van der Waals surface area contributed by atoms with Crippen molar-refractivity contribution in [3.8, 4) is 5.69 Å². The Morgan fingerprint density at radius 1 is 1.41 bits per heavy atom. The van der Waals surface area contributed by atoms with Gasteiger partial charge in [-0.2, -0.15) is 5.10 Å². The Hall–Kier alpha value is -1.68. The van der Waals surface area contributed by atoms with Crippen molar-refractivity contribution in [3.63, 3.8) is 0 Å². The van der Waals surface area contributed by atoms with Crippen molar-refractivity contribution in [2.24, 2.45) is 5.73 Å². The number of hydrogen-bond donors (Lipinski definition) is 1. The Balaban J connectivity index is 2.13. The minimum atomic E-state index is -0.254. The van der Waals surface area contributed by atoms with Crippen LogP contribution in [-0.2, 0) is 6.42 Å². The predicted molar refractivity (Wildman–Crippen MR) is 63.4 cm³/mol. The Morgan fingerprint density at radius 3 is 3.12 bits per heavy atom. The Bertz CT molecular complexity index is 547. The van der Waals surface area contributed by atoms with Gasteiger partial charge in [-0.25, -0.2) is 9.07 Å². The molecule has 2 N–H and O–H groups in total. The quantitative estimate of drug-likeness (QED) is 0.818. The fourth-order valence-electron chi connectivity index (χ4n) is 2.44. The van der Waals surface area contributed by atoms with Gasteiger partial charge in [0.25, 0.3) is 0 Å². The fraction of sp³-hybridized carbons (Fsp3) is 0.308. The summed E-state index contributed by atoms with van der Waals surface area (Å²) in [4.78, 5) is 0. The predicted octanol–water partition coefficient (Wildman–Crippen LogP) is 2.35. The molecule has 1 atom stereocenters. The van der Waals surface area contributed by atoms with Crippen LogP contribution < -0.4 is 5.73 Å². The molecule has 1 aliphatic carbocycles. The summed E-state index contributed by atoms with van der Waals surface area (Å²) < 4.78 is 15.0. The van der Waals surface area contributed by atoms with Crippen LogP contribution in [0.25, 0.3) is 5.69 Å². The van der Waals surface area contributed by atoms with E-state index < -0.39 is 0 Å². The lowest BCUT2D eigenvalue weighted by Crippen LogP contribution is -2.20. The zero-order chi connectivity index (χ0) is 11.8. The van der Waals surface area contributed by atoms with Crippen molar-refractivity contribution >= 4 is 0 Å². The van der Waals surface area contributed by atoms with Crippen LogP contribution in [0.4, 0.5) is 4.39 Å². The molecule has 1 aliphatic rings. The second-order valence-electron chi connectivity index (χ2n) is 4.45. The van der Waals surface area contributed by atoms with E-state index in [1.165, 1.54) is 17.7 Å². The average Bonchev–Trinajstić information content (AvgIpc) is 2.74. The number of nitrogens with zero attached hydrogens (tertiary/aromatic N) is 2. The summed E-state index contributed by atoms with van der Waals surface area (Å²) in [6.45, 7) is 0. The Morgan fingerprint density at radius 2 is 2.29 bits per heavy atom. The van der Waals surface area contributed by atoms with Crippen molar-refractivity contribution in [2.45, 2.75) is 25.3 Å². The van der Waals surface area contributed by atoms with E-state index in [1.54, 1.807) is 10.7 Å². The molecule has 4 heteroatoms. The number of fused-ring (bicyclic) bond motifs is 1. The maximum Gasteiger partial charge on any atom is 0.125 e. The van der Waals surface area contributed by atoms with E-state index in [0.717, 1.165) is 30.6 Å². The SMILES string of the molecule is NC1CCCc2cnn(-c3cccc(F)c3)c21. The van der Waals surface area contributed by atoms with Gasteiger partial charge in [0.2, 0.25) is 0 Å². The van der Waals surface area contributed by atoms with Gasteiger partial charge in [-0.3, -0.25) is 0 Å². The van der Waals surface area contributed by atoms with Gasteiger partial charge in [0.05, 0.1) is 17.6 Å². The van der Waals surface area contributed by atoms with E-state index in [0.29, 0.717) is 0 Å². The van der Waals surface area contributed by atoms with Crippen molar-refractivity contribution in [2.75, 3.05) is 0 Å². The molecule has 0 saturated heterocycles. The minimum absolute atomic E-state index is 0.00418. The fourth-order valence-corrected chi connectivity index (χ4v) is 2.44. The monoisotopic (exact) mass is 231 g/mol. The first kappa shape index (κ1) is 10.5. The van der Waals surface area contributed by atoms with E-state index in [1.807, 2.05) is 12.3 Å². The molecule has 3 rings (SSSR count). The van der Waals surface area contributed by atoms with Gasteiger partial charge in [-0.15, -0.1) is 0 Å². The van der Waals surface area contributed by atoms with E-state index in [-0.39, 0.29) is 11.9 Å². The van der Waals surface area contributed by atoms with Gasteiger partial charge in [-0.1, -0.05) is 6.07 Å². The van der Waals surface area contributed by atoms with Crippen molar-refractivity contribution in [1.82, 2.24) is 9.78 Å². The highest BCUT2D eigenvalue weighted by molar-refractivity contribution is 5.37. The third kappa shape index (κ3) is 1.74. The van der Waals surface area contributed by atoms with Crippen LogP contribution in [0, 0.1) is 5.82 Å². The van der Waals surface area contributed by atoms with Gasteiger partial charge in [0, 0.05) is 6.04 Å². The zero-order valence-corrected chi connectivity index (χ0v) is 9.44. The first-order valence-corrected chi connectivity index (χ1v) is 5.84. The molecular formula is C13H14FN3. The number of rotatable bonds is 1. The normalized spacial score (nSPS) is 19.1. The molecule has 1 aromatic carbocycles. The van der Waals surface area contributed by atoms with Gasteiger partial charge >= 0.3 is 0 Å². The molecule has 1 heterocycles. The summed E-state index contributed by atoms with van der Waals surface area (Å²) in [6, 6.07) is 6.45. The summed E-state index contributed by atoms with van der Waals surface area (Å²) in [5, 5.41) is 4.33. The maximum absolute atomic E-state index is 13.2. The highest BCUT2D eigenvalue weighted by atomic mass is 19.1. The number of hydrogen-bond acceptors (Lipinski definition) is 2. The van der Waals surface area contributed by atoms with E-state index in [4.69, 9.17) is 5.73 Å². The highest BCUT2D eigenvalue weighted by Crippen LogP contribution is 2.29. The first-order chi connectivity index (χ1) is 8.25. The third-order valence-electron chi connectivity index (χ3n) is 3.25. The number of benzene rings is 1. The maximum atomic E-state index is 13.2. The van der Waals surface area contributed by atoms with Gasteiger partial charge < -0.3 is 5.73 Å². The van der Waals surface area contributed by atoms with Crippen LogP contribution >= 0.6 is 0 Å². The molecule has 0 saturated carbocycles. The topological polar surface area (TPSA) is 43.8 Å². The molecule has 0 radical (unpaired) electrons. The molecule has 0 amide bonds. The second kappa shape index (κ2) is 3.96. The van der Waals surface area contributed by atoms with Crippen LogP contribution in [0.5, 0.6) is 0 Å². The number of aryl methyl sites for hydroxylation is 1. The molecule has 2 aromatic rings. The van der Waals surface area contributed by atoms with Crippen LogP contribution in [0.1, 0.15) is 30.1 Å². The van der Waals surface area contributed by atoms with Crippen molar-refractivity contribution in [3.05, 3.63) is 47.5 Å². The third-order valence-corrected chi connectivity index (χ3v) is 3.25. The van der Waals surface area contributed by atoms with Crippen LogP contribution in [-0.4, -0.2) is 9.78 Å². The molecule has 3 nitrogen and oxygen atoms in total. The van der Waals surface area contributed by atoms with Crippen LogP contribution in [0.2, 0.25) is 0 Å². The number of nitrogens with two attached hydrogens (primary N) is 1. The van der Waals surface area contributed by atoms with Crippen LogP contribution in [0.3, 0.4) is 0 Å². The summed E-state index contributed by atoms with van der Waals surface area (Å²) >= 11 is 0. The van der Waals surface area contributed by atoms with Gasteiger partial charge in [0.15, 0.2) is 0 Å². The molecule has 1 aromatic heterocycles. The smallest absolute Gasteiger partial charge is 0.125 e. The summed E-state index contributed by atoms with van der Waals surface area (Å²) in [7, 11) is 0. The lowest BCUT2D eigenvalue weighted by atomic mass is 9.94. The standard InChI is InChI=1S/C13H14FN3/c14-10-4-2-5-11(7-10)17-13-9(8-16-17)3-1-6-12(13)15/h2,4-5,7-8,12H,1,3,6,15H2. The van der Waals surface area contributed by atoms with Crippen molar-refractivity contribution in [1.29, 1.82) is 0 Å². The zero-order valence-electron chi connectivity index (χ0n) is 9.44. The molecule has 0 aliphatic heterocycles. The largest absolute Gasteiger partial charge is 0.323 e. The Labute approximate surface area is 99.1 Å². The first-order valence-electron chi connectivity index (χ1n) is 5.84. The lowest BCUT2D eigenvalue weighted by Gasteiger charge is -2.20. The van der Waals surface area contributed by atoms with E-state index in [2.05, 4.69) is 5.10 Å². The minimum Gasteiger partial charge on any atom is -0.323 e. The summed E-state index contributed by atoms with van der Waals surface area (Å²) in [5.41, 5.74) is 9.07. The molecule has 0 bridgehead atoms. The van der Waals surface area contributed by atoms with Gasteiger partial charge in [0.1, 0.15) is 5.82 Å². The molecule has 0 spiro atoms. The summed E-state index contributed by atoms with van der Waals surface area (Å²) in [5.74, 6) is -0.254. The average molecular weight is 231 g/mol. The van der Waals surface area contributed by atoms with E-state index >= 15 is 0 Å². The van der Waals surface area contributed by atoms with Gasteiger partial charge in [-0.05, 0) is 43.0 Å². The van der Waals surface area contributed by atoms with Crippen molar-refractivity contribution < 1.29 is 4.39 Å². The molecule has 88 valence electrons. The Kier molecular flexibility index (Phi) is 2.44.